The second-order valence-corrected chi connectivity index (χ2v) is 6.94. The molecule has 26 heavy (non-hydrogen) atoms. The molecule has 3 rings (SSSR count). The zero-order valence-electron chi connectivity index (χ0n) is 13.3. The van der Waals surface area contributed by atoms with E-state index in [0.717, 1.165) is 5.56 Å². The number of benzene rings is 2. The van der Waals surface area contributed by atoms with Crippen molar-refractivity contribution in [3.8, 4) is 0 Å². The fourth-order valence-electron chi connectivity index (χ4n) is 2.03. The van der Waals surface area contributed by atoms with Gasteiger partial charge in [0.25, 0.3) is 5.91 Å². The minimum absolute atomic E-state index is 0.301. The summed E-state index contributed by atoms with van der Waals surface area (Å²) in [4.78, 5) is 24.0. The average molecular weight is 429 g/mol. The van der Waals surface area contributed by atoms with Gasteiger partial charge < -0.3 is 0 Å². The highest BCUT2D eigenvalue weighted by Crippen LogP contribution is 2.18. The smallest absolute Gasteiger partial charge is 0.282 e. The minimum atomic E-state index is -0.666. The van der Waals surface area contributed by atoms with Crippen molar-refractivity contribution >= 4 is 56.5 Å². The Morgan fingerprint density at radius 1 is 0.962 bits per heavy atom. The summed E-state index contributed by atoms with van der Waals surface area (Å²) in [6, 6.07) is 15.9. The second kappa shape index (κ2) is 8.50. The molecule has 1 heterocycles. The molecule has 3 aromatic rings. The van der Waals surface area contributed by atoms with Gasteiger partial charge in [-0.05, 0) is 39.7 Å². The van der Waals surface area contributed by atoms with Crippen LogP contribution in [0.15, 0.2) is 59.1 Å². The molecule has 0 spiro atoms. The number of imide groups is 1. The Kier molecular flexibility index (Phi) is 5.88. The van der Waals surface area contributed by atoms with Crippen LogP contribution in [-0.2, 0) is 0 Å². The first-order valence-electron chi connectivity index (χ1n) is 7.55. The number of carbonyl (C=O) groups is 2. The number of nitrogens with one attached hydrogen (secondary N) is 2. The summed E-state index contributed by atoms with van der Waals surface area (Å²) in [7, 11) is 0. The van der Waals surface area contributed by atoms with Crippen LogP contribution in [0.25, 0.3) is 12.2 Å². The van der Waals surface area contributed by atoms with Crippen molar-refractivity contribution in [1.82, 2.24) is 15.5 Å². The number of amides is 3. The van der Waals surface area contributed by atoms with Gasteiger partial charge in [0.15, 0.2) is 0 Å². The normalized spacial score (nSPS) is 10.7. The van der Waals surface area contributed by atoms with Crippen molar-refractivity contribution < 1.29 is 9.59 Å². The van der Waals surface area contributed by atoms with Gasteiger partial charge in [-0.1, -0.05) is 59.9 Å². The first-order chi connectivity index (χ1) is 12.6. The molecule has 0 aliphatic rings. The van der Waals surface area contributed by atoms with Crippen LogP contribution in [-0.4, -0.2) is 22.1 Å². The molecule has 2 N–H and O–H groups in total. The first-order valence-corrected chi connectivity index (χ1v) is 9.16. The number of carbonyl (C=O) groups excluding carboxylic acids is 2. The summed E-state index contributed by atoms with van der Waals surface area (Å²) in [5.74, 6) is -0.510. The molecule has 1 aromatic heterocycles. The molecule has 0 saturated carbocycles. The van der Waals surface area contributed by atoms with Crippen LogP contribution in [0, 0.1) is 0 Å². The summed E-state index contributed by atoms with van der Waals surface area (Å²) in [6.07, 6.45) is 3.71. The first kappa shape index (κ1) is 18.0. The average Bonchev–Trinajstić information content (AvgIpc) is 3.08. The van der Waals surface area contributed by atoms with Gasteiger partial charge in [-0.2, -0.15) is 0 Å². The monoisotopic (exact) mass is 428 g/mol. The van der Waals surface area contributed by atoms with Crippen LogP contribution in [0.1, 0.15) is 20.9 Å². The lowest BCUT2D eigenvalue weighted by molar-refractivity contribution is 0.0966. The van der Waals surface area contributed by atoms with E-state index in [2.05, 4.69) is 36.8 Å². The molecule has 6 nitrogen and oxygen atoms in total. The van der Waals surface area contributed by atoms with Gasteiger partial charge in [-0.15, -0.1) is 10.2 Å². The molecular weight excluding hydrogens is 416 g/mol. The Labute approximate surface area is 162 Å². The predicted molar refractivity (Wildman–Crippen MR) is 106 cm³/mol. The number of rotatable bonds is 4. The van der Waals surface area contributed by atoms with Gasteiger partial charge in [0.2, 0.25) is 5.13 Å². The molecule has 0 unspecified atom stereocenters. The number of hydrogen-bond acceptors (Lipinski definition) is 5. The SMILES string of the molecule is O=C(NC(=O)c1ccccc1Br)Nc1nnc(/C=C/c2ccccc2)s1. The van der Waals surface area contributed by atoms with Crippen LogP contribution in [0.4, 0.5) is 9.93 Å². The van der Waals surface area contributed by atoms with E-state index in [1.54, 1.807) is 24.3 Å². The maximum absolute atomic E-state index is 12.1. The number of urea groups is 1. The van der Waals surface area contributed by atoms with Gasteiger partial charge in [0.05, 0.1) is 5.56 Å². The number of anilines is 1. The highest BCUT2D eigenvalue weighted by molar-refractivity contribution is 9.10. The maximum Gasteiger partial charge on any atom is 0.328 e. The highest BCUT2D eigenvalue weighted by Gasteiger charge is 2.14. The topological polar surface area (TPSA) is 84.0 Å². The van der Waals surface area contributed by atoms with Gasteiger partial charge in [-0.3, -0.25) is 15.4 Å². The fraction of sp³-hybridized carbons (Fsp3) is 0. The van der Waals surface area contributed by atoms with Crippen molar-refractivity contribution in [3.63, 3.8) is 0 Å². The molecule has 0 saturated heterocycles. The van der Waals surface area contributed by atoms with Crippen molar-refractivity contribution in [2.45, 2.75) is 0 Å². The molecular formula is C18H13BrN4O2S. The van der Waals surface area contributed by atoms with Crippen LogP contribution in [0.3, 0.4) is 0 Å². The van der Waals surface area contributed by atoms with Crippen molar-refractivity contribution in [1.29, 1.82) is 0 Å². The van der Waals surface area contributed by atoms with Crippen molar-refractivity contribution in [2.75, 3.05) is 5.32 Å². The van der Waals surface area contributed by atoms with Gasteiger partial charge in [-0.25, -0.2) is 4.79 Å². The molecule has 8 heteroatoms. The third-order valence-corrected chi connectivity index (χ3v) is 4.72. The quantitative estimate of drug-likeness (QED) is 0.643. The van der Waals surface area contributed by atoms with Gasteiger partial charge in [0, 0.05) is 4.47 Å². The molecule has 0 fully saturated rings. The molecule has 0 aliphatic carbocycles. The lowest BCUT2D eigenvalue weighted by atomic mass is 10.2. The van der Waals surface area contributed by atoms with E-state index < -0.39 is 11.9 Å². The van der Waals surface area contributed by atoms with Crippen LogP contribution >= 0.6 is 27.3 Å². The zero-order chi connectivity index (χ0) is 18.4. The van der Waals surface area contributed by atoms with E-state index >= 15 is 0 Å². The number of nitrogens with zero attached hydrogens (tertiary/aromatic N) is 2. The highest BCUT2D eigenvalue weighted by atomic mass is 79.9. The lowest BCUT2D eigenvalue weighted by Gasteiger charge is -2.05. The largest absolute Gasteiger partial charge is 0.328 e. The Bertz CT molecular complexity index is 957. The maximum atomic E-state index is 12.1. The number of halogens is 1. The van der Waals surface area contributed by atoms with E-state index in [9.17, 15) is 9.59 Å². The van der Waals surface area contributed by atoms with Crippen LogP contribution in [0.2, 0.25) is 0 Å². The summed E-state index contributed by atoms with van der Waals surface area (Å²) in [5, 5.41) is 13.6. The van der Waals surface area contributed by atoms with Crippen molar-refractivity contribution in [3.05, 3.63) is 75.2 Å². The molecule has 3 amide bonds. The molecule has 0 atom stereocenters. The Morgan fingerprint density at radius 2 is 1.69 bits per heavy atom. The lowest BCUT2D eigenvalue weighted by Crippen LogP contribution is -2.34. The molecule has 0 bridgehead atoms. The summed E-state index contributed by atoms with van der Waals surface area (Å²) in [5.41, 5.74) is 1.40. The van der Waals surface area contributed by atoms with Crippen LogP contribution in [0.5, 0.6) is 0 Å². The fourth-order valence-corrected chi connectivity index (χ4v) is 3.13. The van der Waals surface area contributed by atoms with E-state index in [-0.39, 0.29) is 0 Å². The van der Waals surface area contributed by atoms with Gasteiger partial charge in [0.1, 0.15) is 5.01 Å². The van der Waals surface area contributed by atoms with Crippen LogP contribution < -0.4 is 10.6 Å². The summed E-state index contributed by atoms with van der Waals surface area (Å²) < 4.78 is 0.606. The third-order valence-electron chi connectivity index (χ3n) is 3.22. The van der Waals surface area contributed by atoms with E-state index in [1.807, 2.05) is 42.5 Å². The molecule has 0 aliphatic heterocycles. The predicted octanol–water partition coefficient (Wildman–Crippen LogP) is 4.43. The second-order valence-electron chi connectivity index (χ2n) is 5.08. The third kappa shape index (κ3) is 4.84. The summed E-state index contributed by atoms with van der Waals surface area (Å²) in [6.45, 7) is 0. The Hall–Kier alpha value is -2.84. The standard InChI is InChI=1S/C18H13BrN4O2S/c19-14-9-5-4-8-13(14)16(24)20-17(25)21-18-23-22-15(26-18)11-10-12-6-2-1-3-7-12/h1-11H,(H2,20,21,23,24,25)/b11-10+. The molecule has 2 aromatic carbocycles. The van der Waals surface area contributed by atoms with E-state index in [4.69, 9.17) is 0 Å². The summed E-state index contributed by atoms with van der Waals surface area (Å²) >= 11 is 4.48. The minimum Gasteiger partial charge on any atom is -0.282 e. The van der Waals surface area contributed by atoms with E-state index in [0.29, 0.717) is 20.2 Å². The Balaban J connectivity index is 1.58. The Morgan fingerprint density at radius 3 is 2.46 bits per heavy atom. The van der Waals surface area contributed by atoms with E-state index in [1.165, 1.54) is 11.3 Å². The number of hydrogen-bond donors (Lipinski definition) is 2. The molecule has 130 valence electrons. The van der Waals surface area contributed by atoms with Gasteiger partial charge >= 0.3 is 6.03 Å². The van der Waals surface area contributed by atoms with Crippen molar-refractivity contribution in [2.24, 2.45) is 0 Å². The zero-order valence-corrected chi connectivity index (χ0v) is 15.8. The molecule has 0 radical (unpaired) electrons. The number of aromatic nitrogens is 2.